The van der Waals surface area contributed by atoms with Gasteiger partial charge in [0, 0.05) is 11.0 Å². The van der Waals surface area contributed by atoms with Gasteiger partial charge >= 0.3 is 0 Å². The quantitative estimate of drug-likeness (QED) is 0.855. The Morgan fingerprint density at radius 2 is 1.95 bits per heavy atom. The van der Waals surface area contributed by atoms with Gasteiger partial charge in [0.25, 0.3) is 0 Å². The summed E-state index contributed by atoms with van der Waals surface area (Å²) >= 11 is 9.53. The maximum Gasteiger partial charge on any atom is 0.174 e. The highest BCUT2D eigenvalue weighted by Gasteiger charge is 2.01. The van der Waals surface area contributed by atoms with Gasteiger partial charge in [0.15, 0.2) is 6.61 Å². The largest absolute Gasteiger partial charge is 0.479 e. The molecule has 0 aliphatic carbocycles. The number of hydrogen-bond acceptors (Lipinski definition) is 3. The molecule has 0 heterocycles. The maximum atomic E-state index is 8.44. The van der Waals surface area contributed by atoms with Crippen molar-refractivity contribution >= 4 is 33.2 Å². The first-order valence-corrected chi connectivity index (χ1v) is 7.14. The van der Waals surface area contributed by atoms with Crippen LogP contribution in [0.5, 0.6) is 5.75 Å². The molecule has 20 heavy (non-hydrogen) atoms. The molecule has 1 N–H and O–H groups in total. The summed E-state index contributed by atoms with van der Waals surface area (Å²) in [5, 5.41) is 12.4. The Hall–Kier alpha value is -1.70. The van der Waals surface area contributed by atoms with Crippen LogP contribution in [0, 0.1) is 11.3 Å². The number of nitriles is 1. The monoisotopic (exact) mass is 350 g/mol. The van der Waals surface area contributed by atoms with Crippen molar-refractivity contribution in [1.82, 2.24) is 0 Å². The molecule has 0 unspecified atom stereocenters. The third kappa shape index (κ3) is 4.16. The third-order valence-corrected chi connectivity index (χ3v) is 3.46. The Morgan fingerprint density at radius 3 is 2.65 bits per heavy atom. The summed E-state index contributed by atoms with van der Waals surface area (Å²) in [7, 11) is 0. The Kier molecular flexibility index (Phi) is 5.28. The van der Waals surface area contributed by atoms with Crippen LogP contribution in [0.3, 0.4) is 0 Å². The summed E-state index contributed by atoms with van der Waals surface area (Å²) in [5.41, 5.74) is 1.98. The van der Waals surface area contributed by atoms with E-state index in [1.165, 1.54) is 0 Å². The fourth-order valence-electron chi connectivity index (χ4n) is 1.65. The Labute approximate surface area is 131 Å². The predicted molar refractivity (Wildman–Crippen MR) is 84.0 cm³/mol. The molecule has 0 amide bonds. The van der Waals surface area contributed by atoms with Gasteiger partial charge in [-0.05, 0) is 35.9 Å². The highest BCUT2D eigenvalue weighted by atomic mass is 79.9. The van der Waals surface area contributed by atoms with Crippen LogP contribution in [0.2, 0.25) is 5.02 Å². The van der Waals surface area contributed by atoms with E-state index in [1.54, 1.807) is 0 Å². The number of benzene rings is 2. The van der Waals surface area contributed by atoms with Gasteiger partial charge in [0.05, 0.1) is 10.7 Å². The molecule has 0 aromatic heterocycles. The second-order valence-corrected chi connectivity index (χ2v) is 5.39. The number of halogens is 2. The van der Waals surface area contributed by atoms with Gasteiger partial charge in [-0.25, -0.2) is 0 Å². The molecule has 0 aliphatic rings. The van der Waals surface area contributed by atoms with Crippen molar-refractivity contribution in [3.8, 4) is 11.8 Å². The number of hydrogen-bond donors (Lipinski definition) is 1. The van der Waals surface area contributed by atoms with Gasteiger partial charge < -0.3 is 10.1 Å². The molecule has 2 rings (SSSR count). The predicted octanol–water partition coefficient (Wildman–Crippen LogP) is 4.62. The van der Waals surface area contributed by atoms with Crippen molar-refractivity contribution < 1.29 is 4.74 Å². The minimum absolute atomic E-state index is 0.0608. The SMILES string of the molecule is N#CCOc1ccc(CNc2cc(Br)ccc2Cl)cc1. The van der Waals surface area contributed by atoms with E-state index in [0.29, 0.717) is 17.3 Å². The van der Waals surface area contributed by atoms with E-state index < -0.39 is 0 Å². The molecule has 0 radical (unpaired) electrons. The molecule has 102 valence electrons. The van der Waals surface area contributed by atoms with Crippen molar-refractivity contribution in [3.05, 3.63) is 57.5 Å². The zero-order valence-electron chi connectivity index (χ0n) is 10.6. The number of nitrogens with zero attached hydrogens (tertiary/aromatic N) is 1. The van der Waals surface area contributed by atoms with Crippen LogP contribution >= 0.6 is 27.5 Å². The van der Waals surface area contributed by atoms with Crippen LogP contribution in [0.15, 0.2) is 46.9 Å². The van der Waals surface area contributed by atoms with E-state index in [1.807, 2.05) is 48.5 Å². The van der Waals surface area contributed by atoms with Gasteiger partial charge in [-0.3, -0.25) is 0 Å². The van der Waals surface area contributed by atoms with Crippen LogP contribution in [0.25, 0.3) is 0 Å². The van der Waals surface area contributed by atoms with Gasteiger partial charge in [0.2, 0.25) is 0 Å². The lowest BCUT2D eigenvalue weighted by atomic mass is 10.2. The number of nitrogens with one attached hydrogen (secondary N) is 1. The summed E-state index contributed by atoms with van der Waals surface area (Å²) in [6.45, 7) is 0.722. The molecular weight excluding hydrogens is 340 g/mol. The lowest BCUT2D eigenvalue weighted by molar-refractivity contribution is 0.368. The van der Waals surface area contributed by atoms with Gasteiger partial charge in [-0.1, -0.05) is 39.7 Å². The molecule has 0 fully saturated rings. The Bertz CT molecular complexity index is 623. The topological polar surface area (TPSA) is 45.0 Å². The van der Waals surface area contributed by atoms with E-state index in [2.05, 4.69) is 21.2 Å². The van der Waals surface area contributed by atoms with Crippen LogP contribution < -0.4 is 10.1 Å². The number of ether oxygens (including phenoxy) is 1. The van der Waals surface area contributed by atoms with Crippen LogP contribution in [0.1, 0.15) is 5.56 Å². The molecule has 2 aromatic carbocycles. The first-order chi connectivity index (χ1) is 9.69. The van der Waals surface area contributed by atoms with E-state index in [4.69, 9.17) is 21.6 Å². The van der Waals surface area contributed by atoms with E-state index >= 15 is 0 Å². The first-order valence-electron chi connectivity index (χ1n) is 5.96. The van der Waals surface area contributed by atoms with E-state index in [0.717, 1.165) is 15.7 Å². The molecule has 0 saturated carbocycles. The highest BCUT2D eigenvalue weighted by molar-refractivity contribution is 9.10. The van der Waals surface area contributed by atoms with Crippen molar-refractivity contribution in [2.45, 2.75) is 6.54 Å². The summed E-state index contributed by atoms with van der Waals surface area (Å²) in [5.74, 6) is 0.691. The van der Waals surface area contributed by atoms with Crippen LogP contribution in [0.4, 0.5) is 5.69 Å². The highest BCUT2D eigenvalue weighted by Crippen LogP contribution is 2.26. The first kappa shape index (κ1) is 14.7. The minimum atomic E-state index is 0.0608. The Balaban J connectivity index is 1.97. The number of rotatable bonds is 5. The molecule has 2 aromatic rings. The molecular formula is C15H12BrClN2O. The van der Waals surface area contributed by atoms with E-state index in [-0.39, 0.29) is 6.61 Å². The van der Waals surface area contributed by atoms with Crippen molar-refractivity contribution in [2.75, 3.05) is 11.9 Å². The van der Waals surface area contributed by atoms with Crippen LogP contribution in [-0.2, 0) is 6.54 Å². The average Bonchev–Trinajstić information content (AvgIpc) is 2.47. The zero-order chi connectivity index (χ0) is 14.4. The summed E-state index contributed by atoms with van der Waals surface area (Å²) in [6, 6.07) is 15.2. The molecule has 0 aliphatic heterocycles. The van der Waals surface area contributed by atoms with E-state index in [9.17, 15) is 0 Å². The molecule has 0 bridgehead atoms. The molecule has 3 nitrogen and oxygen atoms in total. The molecule has 5 heteroatoms. The fourth-order valence-corrected chi connectivity index (χ4v) is 2.19. The second-order valence-electron chi connectivity index (χ2n) is 4.07. The summed E-state index contributed by atoms with van der Waals surface area (Å²) < 4.78 is 6.18. The molecule has 0 atom stereocenters. The zero-order valence-corrected chi connectivity index (χ0v) is 12.9. The lowest BCUT2D eigenvalue weighted by Gasteiger charge is -2.09. The average molecular weight is 352 g/mol. The minimum Gasteiger partial charge on any atom is -0.479 e. The smallest absolute Gasteiger partial charge is 0.174 e. The standard InChI is InChI=1S/C15H12BrClN2O/c16-12-3-6-14(17)15(9-12)19-10-11-1-4-13(5-2-11)20-8-7-18/h1-6,9,19H,8,10H2. The molecule has 0 spiro atoms. The van der Waals surface area contributed by atoms with Crippen molar-refractivity contribution in [2.24, 2.45) is 0 Å². The van der Waals surface area contributed by atoms with Gasteiger partial charge in [0.1, 0.15) is 11.8 Å². The second kappa shape index (κ2) is 7.18. The summed E-state index contributed by atoms with van der Waals surface area (Å²) in [6.07, 6.45) is 0. The van der Waals surface area contributed by atoms with Crippen LogP contribution in [-0.4, -0.2) is 6.61 Å². The fraction of sp³-hybridized carbons (Fsp3) is 0.133. The van der Waals surface area contributed by atoms with Crippen molar-refractivity contribution in [3.63, 3.8) is 0 Å². The maximum absolute atomic E-state index is 8.44. The molecule has 0 saturated heterocycles. The number of anilines is 1. The Morgan fingerprint density at radius 1 is 1.20 bits per heavy atom. The van der Waals surface area contributed by atoms with Gasteiger partial charge in [-0.2, -0.15) is 5.26 Å². The summed E-state index contributed by atoms with van der Waals surface area (Å²) in [4.78, 5) is 0. The normalized spacial score (nSPS) is 9.85. The lowest BCUT2D eigenvalue weighted by Crippen LogP contribution is -2.00. The van der Waals surface area contributed by atoms with Gasteiger partial charge in [-0.15, -0.1) is 0 Å². The third-order valence-electron chi connectivity index (χ3n) is 2.64. The van der Waals surface area contributed by atoms with Crippen molar-refractivity contribution in [1.29, 1.82) is 5.26 Å².